The summed E-state index contributed by atoms with van der Waals surface area (Å²) in [5, 5.41) is 3.56. The van der Waals surface area contributed by atoms with E-state index in [2.05, 4.69) is 65.1 Å². The molecule has 1 saturated carbocycles. The van der Waals surface area contributed by atoms with E-state index in [1.165, 1.54) is 47.8 Å². The predicted octanol–water partition coefficient (Wildman–Crippen LogP) is 5.11. The highest BCUT2D eigenvalue weighted by molar-refractivity contribution is 9.10. The van der Waals surface area contributed by atoms with Crippen LogP contribution < -0.4 is 10.2 Å². The van der Waals surface area contributed by atoms with Crippen LogP contribution in [0.3, 0.4) is 0 Å². The Morgan fingerprint density at radius 1 is 1.24 bits per heavy atom. The minimum Gasteiger partial charge on any atom is -0.369 e. The number of hydrogen-bond acceptors (Lipinski definition) is 2. The van der Waals surface area contributed by atoms with Crippen molar-refractivity contribution in [3.05, 3.63) is 28.2 Å². The number of nitrogens with zero attached hydrogens (tertiary/aromatic N) is 1. The van der Waals surface area contributed by atoms with Crippen LogP contribution in [0.4, 0.5) is 5.69 Å². The minimum absolute atomic E-state index is 0.520. The number of rotatable bonds is 6. The molecule has 1 aliphatic rings. The van der Waals surface area contributed by atoms with Crippen molar-refractivity contribution in [3.8, 4) is 0 Å². The van der Waals surface area contributed by atoms with E-state index in [1.54, 1.807) is 0 Å². The Kier molecular flexibility index (Phi) is 6.56. The van der Waals surface area contributed by atoms with Gasteiger partial charge in [0, 0.05) is 35.3 Å². The Balaban J connectivity index is 2.22. The summed E-state index contributed by atoms with van der Waals surface area (Å²) in [6.45, 7) is 8.74. The van der Waals surface area contributed by atoms with Crippen molar-refractivity contribution >= 4 is 21.6 Å². The van der Waals surface area contributed by atoms with Crippen LogP contribution in [0.1, 0.15) is 58.4 Å². The molecule has 0 saturated heterocycles. The second-order valence-corrected chi connectivity index (χ2v) is 7.30. The van der Waals surface area contributed by atoms with Crippen molar-refractivity contribution in [1.29, 1.82) is 0 Å². The largest absolute Gasteiger partial charge is 0.369 e. The number of anilines is 1. The van der Waals surface area contributed by atoms with Crippen LogP contribution in [-0.4, -0.2) is 18.6 Å². The third-order valence-electron chi connectivity index (χ3n) is 4.41. The molecule has 0 aromatic heterocycles. The molecular formula is C18H29BrN2. The summed E-state index contributed by atoms with van der Waals surface area (Å²) in [6.07, 6.45) is 6.87. The van der Waals surface area contributed by atoms with Crippen LogP contribution in [-0.2, 0) is 6.54 Å². The van der Waals surface area contributed by atoms with Gasteiger partial charge in [0.2, 0.25) is 0 Å². The lowest BCUT2D eigenvalue weighted by Crippen LogP contribution is -2.37. The lowest BCUT2D eigenvalue weighted by molar-refractivity contribution is 0.417. The Labute approximate surface area is 138 Å². The average molecular weight is 353 g/mol. The van der Waals surface area contributed by atoms with E-state index in [0.717, 1.165) is 19.1 Å². The van der Waals surface area contributed by atoms with E-state index >= 15 is 0 Å². The lowest BCUT2D eigenvalue weighted by Gasteiger charge is -2.37. The van der Waals surface area contributed by atoms with E-state index < -0.39 is 0 Å². The van der Waals surface area contributed by atoms with E-state index in [4.69, 9.17) is 0 Å². The molecule has 0 amide bonds. The van der Waals surface area contributed by atoms with E-state index in [1.807, 2.05) is 0 Å². The second kappa shape index (κ2) is 8.19. The zero-order valence-electron chi connectivity index (χ0n) is 13.7. The molecule has 0 spiro atoms. The van der Waals surface area contributed by atoms with Gasteiger partial charge in [-0.2, -0.15) is 0 Å². The molecule has 3 heteroatoms. The summed E-state index contributed by atoms with van der Waals surface area (Å²) < 4.78 is 1.18. The molecule has 0 radical (unpaired) electrons. The standard InChI is InChI=1S/C18H29BrN2/c1-4-21(17-8-6-5-7-9-17)18-12-16(19)11-10-15(18)13-20-14(2)3/h10-12,14,17,20H,4-9,13H2,1-3H3. The minimum atomic E-state index is 0.520. The molecule has 1 N–H and O–H groups in total. The first kappa shape index (κ1) is 16.8. The fourth-order valence-corrected chi connectivity index (χ4v) is 3.63. The first-order valence-electron chi connectivity index (χ1n) is 8.40. The van der Waals surface area contributed by atoms with Gasteiger partial charge >= 0.3 is 0 Å². The van der Waals surface area contributed by atoms with E-state index in [0.29, 0.717) is 6.04 Å². The van der Waals surface area contributed by atoms with Gasteiger partial charge in [0.05, 0.1) is 0 Å². The molecule has 0 unspecified atom stereocenters. The van der Waals surface area contributed by atoms with Crippen LogP contribution in [0.2, 0.25) is 0 Å². The highest BCUT2D eigenvalue weighted by Crippen LogP contribution is 2.31. The maximum Gasteiger partial charge on any atom is 0.0425 e. The Morgan fingerprint density at radius 2 is 1.95 bits per heavy atom. The summed E-state index contributed by atoms with van der Waals surface area (Å²) in [6, 6.07) is 7.97. The van der Waals surface area contributed by atoms with Gasteiger partial charge in [-0.15, -0.1) is 0 Å². The highest BCUT2D eigenvalue weighted by Gasteiger charge is 2.22. The molecule has 1 aromatic carbocycles. The SMILES string of the molecule is CCN(c1cc(Br)ccc1CNC(C)C)C1CCCCC1. The van der Waals surface area contributed by atoms with Gasteiger partial charge in [-0.25, -0.2) is 0 Å². The number of halogens is 1. The zero-order chi connectivity index (χ0) is 15.2. The Hall–Kier alpha value is -0.540. The monoisotopic (exact) mass is 352 g/mol. The molecular weight excluding hydrogens is 324 g/mol. The molecule has 1 fully saturated rings. The predicted molar refractivity (Wildman–Crippen MR) is 96.0 cm³/mol. The van der Waals surface area contributed by atoms with Gasteiger partial charge in [-0.3, -0.25) is 0 Å². The van der Waals surface area contributed by atoms with Gasteiger partial charge in [-0.1, -0.05) is 55.1 Å². The molecule has 0 aliphatic heterocycles. The molecule has 0 heterocycles. The number of nitrogens with one attached hydrogen (secondary N) is 1. The van der Waals surface area contributed by atoms with Crippen molar-refractivity contribution in [2.75, 3.05) is 11.4 Å². The molecule has 0 atom stereocenters. The van der Waals surface area contributed by atoms with Gasteiger partial charge < -0.3 is 10.2 Å². The van der Waals surface area contributed by atoms with E-state index in [-0.39, 0.29) is 0 Å². The Morgan fingerprint density at radius 3 is 2.57 bits per heavy atom. The third-order valence-corrected chi connectivity index (χ3v) is 4.91. The average Bonchev–Trinajstić information content (AvgIpc) is 2.48. The molecule has 118 valence electrons. The smallest absolute Gasteiger partial charge is 0.0425 e. The Bertz CT molecular complexity index is 439. The topological polar surface area (TPSA) is 15.3 Å². The summed E-state index contributed by atoms with van der Waals surface area (Å²) in [5.74, 6) is 0. The van der Waals surface area contributed by atoms with Crippen LogP contribution >= 0.6 is 15.9 Å². The van der Waals surface area contributed by atoms with Crippen LogP contribution in [0.15, 0.2) is 22.7 Å². The fraction of sp³-hybridized carbons (Fsp3) is 0.667. The number of hydrogen-bond donors (Lipinski definition) is 1. The van der Waals surface area contributed by atoms with Crippen molar-refractivity contribution in [2.24, 2.45) is 0 Å². The molecule has 0 bridgehead atoms. The van der Waals surface area contributed by atoms with E-state index in [9.17, 15) is 0 Å². The first-order valence-corrected chi connectivity index (χ1v) is 9.19. The summed E-state index contributed by atoms with van der Waals surface area (Å²) in [7, 11) is 0. The summed E-state index contributed by atoms with van der Waals surface area (Å²) >= 11 is 3.65. The molecule has 1 aromatic rings. The molecule has 1 aliphatic carbocycles. The van der Waals surface area contributed by atoms with Gasteiger partial charge in [0.25, 0.3) is 0 Å². The summed E-state index contributed by atoms with van der Waals surface area (Å²) in [5.41, 5.74) is 2.83. The maximum absolute atomic E-state index is 3.65. The maximum atomic E-state index is 3.65. The van der Waals surface area contributed by atoms with Gasteiger partial charge in [0.1, 0.15) is 0 Å². The molecule has 21 heavy (non-hydrogen) atoms. The zero-order valence-corrected chi connectivity index (χ0v) is 15.2. The van der Waals surface area contributed by atoms with Crippen molar-refractivity contribution in [1.82, 2.24) is 5.32 Å². The molecule has 2 rings (SSSR count). The normalized spacial score (nSPS) is 16.4. The van der Waals surface area contributed by atoms with Crippen molar-refractivity contribution in [3.63, 3.8) is 0 Å². The highest BCUT2D eigenvalue weighted by atomic mass is 79.9. The second-order valence-electron chi connectivity index (χ2n) is 6.39. The van der Waals surface area contributed by atoms with Crippen molar-refractivity contribution in [2.45, 2.75) is 71.5 Å². The quantitative estimate of drug-likeness (QED) is 0.765. The van der Waals surface area contributed by atoms with Crippen LogP contribution in [0, 0.1) is 0 Å². The third kappa shape index (κ3) is 4.72. The fourth-order valence-electron chi connectivity index (χ4n) is 3.29. The first-order chi connectivity index (χ1) is 10.1. The molecule has 2 nitrogen and oxygen atoms in total. The van der Waals surface area contributed by atoms with Crippen LogP contribution in [0.5, 0.6) is 0 Å². The van der Waals surface area contributed by atoms with Crippen LogP contribution in [0.25, 0.3) is 0 Å². The van der Waals surface area contributed by atoms with Gasteiger partial charge in [0.15, 0.2) is 0 Å². The summed E-state index contributed by atoms with van der Waals surface area (Å²) in [4.78, 5) is 2.63. The van der Waals surface area contributed by atoms with Crippen molar-refractivity contribution < 1.29 is 0 Å². The lowest BCUT2D eigenvalue weighted by atomic mass is 9.93. The van der Waals surface area contributed by atoms with Gasteiger partial charge in [-0.05, 0) is 37.5 Å². The number of benzene rings is 1.